The minimum absolute atomic E-state index is 0.0381. The Kier molecular flexibility index (Phi) is 8.47. The molecule has 0 aliphatic rings. The first-order valence-corrected chi connectivity index (χ1v) is 11.4. The molecule has 6 nitrogen and oxygen atoms in total. The van der Waals surface area contributed by atoms with Crippen LogP contribution in [0.25, 0.3) is 6.08 Å². The lowest BCUT2D eigenvalue weighted by Gasteiger charge is -2.11. The molecule has 0 unspecified atom stereocenters. The highest BCUT2D eigenvalue weighted by Gasteiger charge is 2.13. The van der Waals surface area contributed by atoms with E-state index in [4.69, 9.17) is 16.3 Å². The van der Waals surface area contributed by atoms with Crippen LogP contribution in [0.5, 0.6) is 5.75 Å². The van der Waals surface area contributed by atoms with E-state index in [1.807, 2.05) is 32.0 Å². The maximum absolute atomic E-state index is 12.6. The van der Waals surface area contributed by atoms with Gasteiger partial charge in [0.2, 0.25) is 0 Å². The predicted molar refractivity (Wildman–Crippen MR) is 138 cm³/mol. The Hall–Kier alpha value is -3.60. The van der Waals surface area contributed by atoms with E-state index in [2.05, 4.69) is 26.6 Å². The first kappa shape index (κ1) is 25.0. The van der Waals surface area contributed by atoms with Crippen LogP contribution in [0.4, 0.5) is 11.4 Å². The molecule has 3 aromatic rings. The smallest absolute Gasteiger partial charge is 0.266 e. The number of hydrogen-bond acceptors (Lipinski definition) is 4. The van der Waals surface area contributed by atoms with Gasteiger partial charge in [0.15, 0.2) is 6.61 Å². The van der Waals surface area contributed by atoms with E-state index in [0.717, 1.165) is 11.1 Å². The maximum Gasteiger partial charge on any atom is 0.266 e. The Balaban J connectivity index is 1.65. The van der Waals surface area contributed by atoms with E-state index in [1.165, 1.54) is 6.08 Å². The van der Waals surface area contributed by atoms with Gasteiger partial charge in [-0.1, -0.05) is 29.8 Å². The van der Waals surface area contributed by atoms with Crippen LogP contribution in [0.15, 0.2) is 70.7 Å². The summed E-state index contributed by atoms with van der Waals surface area (Å²) in [5, 5.41) is 15.6. The predicted octanol–water partition coefficient (Wildman–Crippen LogP) is 6.28. The van der Waals surface area contributed by atoms with Crippen LogP contribution in [0.1, 0.15) is 16.7 Å². The lowest BCUT2D eigenvalue weighted by atomic mass is 10.1. The Morgan fingerprint density at radius 3 is 2.50 bits per heavy atom. The second kappa shape index (κ2) is 11.5. The molecule has 0 radical (unpaired) electrons. The van der Waals surface area contributed by atoms with E-state index >= 15 is 0 Å². The van der Waals surface area contributed by atoms with Gasteiger partial charge in [0.05, 0.1) is 4.47 Å². The summed E-state index contributed by atoms with van der Waals surface area (Å²) >= 11 is 9.25. The molecule has 0 saturated carbocycles. The number of halogens is 2. The zero-order valence-electron chi connectivity index (χ0n) is 18.5. The molecule has 34 heavy (non-hydrogen) atoms. The first-order chi connectivity index (χ1) is 16.3. The lowest BCUT2D eigenvalue weighted by molar-refractivity contribution is -0.118. The highest BCUT2D eigenvalue weighted by Crippen LogP contribution is 2.27. The van der Waals surface area contributed by atoms with Crippen molar-refractivity contribution in [3.05, 3.63) is 92.4 Å². The van der Waals surface area contributed by atoms with Crippen LogP contribution >= 0.6 is 27.5 Å². The zero-order valence-corrected chi connectivity index (χ0v) is 20.8. The minimum Gasteiger partial charge on any atom is -0.483 e. The topological polar surface area (TPSA) is 91.2 Å². The number of aryl methyl sites for hydroxylation is 1. The summed E-state index contributed by atoms with van der Waals surface area (Å²) < 4.78 is 6.16. The highest BCUT2D eigenvalue weighted by atomic mass is 79.9. The molecule has 0 aromatic heterocycles. The van der Waals surface area contributed by atoms with E-state index in [0.29, 0.717) is 32.2 Å². The molecule has 0 aliphatic carbocycles. The number of anilines is 2. The molecule has 8 heteroatoms. The second-order valence-electron chi connectivity index (χ2n) is 7.41. The van der Waals surface area contributed by atoms with Crippen molar-refractivity contribution >= 4 is 56.8 Å². The molecule has 2 amide bonds. The van der Waals surface area contributed by atoms with E-state index in [-0.39, 0.29) is 18.1 Å². The summed E-state index contributed by atoms with van der Waals surface area (Å²) in [6.07, 6.45) is 1.49. The van der Waals surface area contributed by atoms with Crippen LogP contribution in [0.2, 0.25) is 5.02 Å². The standard InChI is InChI=1S/C26H21BrClN3O3/c1-16-4-3-5-23(17(16)2)31-26(33)19(14-29)12-18-6-11-24(22(27)13-18)34-15-25(32)30-21-9-7-20(28)8-10-21/h3-13H,15H2,1-2H3,(H,30,32)(H,31,33)/b19-12+. The number of rotatable bonds is 7. The van der Waals surface area contributed by atoms with Gasteiger partial charge in [-0.05, 0) is 95.0 Å². The number of carbonyl (C=O) groups is 2. The Morgan fingerprint density at radius 2 is 1.82 bits per heavy atom. The monoisotopic (exact) mass is 537 g/mol. The average Bonchev–Trinajstić information content (AvgIpc) is 2.81. The van der Waals surface area contributed by atoms with Gasteiger partial charge >= 0.3 is 0 Å². The zero-order chi connectivity index (χ0) is 24.7. The number of amides is 2. The Morgan fingerprint density at radius 1 is 1.09 bits per heavy atom. The fourth-order valence-corrected chi connectivity index (χ4v) is 3.63. The fraction of sp³-hybridized carbons (Fsp3) is 0.115. The van der Waals surface area contributed by atoms with Crippen LogP contribution in [0, 0.1) is 25.2 Å². The molecule has 0 fully saturated rings. The van der Waals surface area contributed by atoms with Crippen molar-refractivity contribution in [3.8, 4) is 11.8 Å². The summed E-state index contributed by atoms with van der Waals surface area (Å²) in [6.45, 7) is 3.67. The SMILES string of the molecule is Cc1cccc(NC(=O)/C(C#N)=C/c2ccc(OCC(=O)Nc3ccc(Cl)cc3)c(Br)c2)c1C. The molecule has 0 aliphatic heterocycles. The molecule has 0 bridgehead atoms. The average molecular weight is 539 g/mol. The van der Waals surface area contributed by atoms with E-state index < -0.39 is 5.91 Å². The van der Waals surface area contributed by atoms with Crippen molar-refractivity contribution < 1.29 is 14.3 Å². The van der Waals surface area contributed by atoms with Gasteiger partial charge in [0.1, 0.15) is 17.4 Å². The summed E-state index contributed by atoms with van der Waals surface area (Å²) in [5.41, 5.74) is 3.84. The molecule has 0 saturated heterocycles. The molecule has 0 heterocycles. The van der Waals surface area contributed by atoms with Crippen molar-refractivity contribution in [3.63, 3.8) is 0 Å². The molecule has 0 spiro atoms. The molecule has 3 aromatic carbocycles. The second-order valence-corrected chi connectivity index (χ2v) is 8.70. The third-order valence-electron chi connectivity index (χ3n) is 4.97. The van der Waals surface area contributed by atoms with Crippen molar-refractivity contribution in [2.45, 2.75) is 13.8 Å². The van der Waals surface area contributed by atoms with Crippen LogP contribution < -0.4 is 15.4 Å². The molecule has 0 atom stereocenters. The van der Waals surface area contributed by atoms with Crippen LogP contribution in [-0.2, 0) is 9.59 Å². The van der Waals surface area contributed by atoms with Gasteiger partial charge < -0.3 is 15.4 Å². The van der Waals surface area contributed by atoms with Crippen molar-refractivity contribution in [1.29, 1.82) is 5.26 Å². The lowest BCUT2D eigenvalue weighted by Crippen LogP contribution is -2.20. The molecular formula is C26H21BrClN3O3. The summed E-state index contributed by atoms with van der Waals surface area (Å²) in [5.74, 6) is -0.374. The largest absolute Gasteiger partial charge is 0.483 e. The summed E-state index contributed by atoms with van der Waals surface area (Å²) in [7, 11) is 0. The number of nitriles is 1. The number of benzene rings is 3. The maximum atomic E-state index is 12.6. The van der Waals surface area contributed by atoms with E-state index in [1.54, 1.807) is 48.5 Å². The number of hydrogen-bond donors (Lipinski definition) is 2. The molecule has 2 N–H and O–H groups in total. The van der Waals surface area contributed by atoms with Gasteiger partial charge in [0, 0.05) is 16.4 Å². The first-order valence-electron chi connectivity index (χ1n) is 10.2. The van der Waals surface area contributed by atoms with Gasteiger partial charge in [-0.3, -0.25) is 9.59 Å². The minimum atomic E-state index is -0.494. The molecule has 172 valence electrons. The number of ether oxygens (including phenoxy) is 1. The van der Waals surface area contributed by atoms with Gasteiger partial charge in [-0.25, -0.2) is 0 Å². The van der Waals surface area contributed by atoms with Crippen molar-refractivity contribution in [1.82, 2.24) is 0 Å². The van der Waals surface area contributed by atoms with Gasteiger partial charge in [0.25, 0.3) is 11.8 Å². The number of nitrogens with zero attached hydrogens (tertiary/aromatic N) is 1. The molecule has 3 rings (SSSR count). The highest BCUT2D eigenvalue weighted by molar-refractivity contribution is 9.10. The van der Waals surface area contributed by atoms with Crippen LogP contribution in [-0.4, -0.2) is 18.4 Å². The number of nitrogens with one attached hydrogen (secondary N) is 2. The summed E-state index contributed by atoms with van der Waals surface area (Å²) in [6, 6.07) is 19.3. The number of carbonyl (C=O) groups excluding carboxylic acids is 2. The van der Waals surface area contributed by atoms with Gasteiger partial charge in [-0.2, -0.15) is 5.26 Å². The quantitative estimate of drug-likeness (QED) is 0.273. The third kappa shape index (κ3) is 6.70. The molecular weight excluding hydrogens is 518 g/mol. The fourth-order valence-electron chi connectivity index (χ4n) is 2.99. The van der Waals surface area contributed by atoms with Crippen molar-refractivity contribution in [2.24, 2.45) is 0 Å². The normalized spacial score (nSPS) is 10.9. The summed E-state index contributed by atoms with van der Waals surface area (Å²) in [4.78, 5) is 24.7. The van der Waals surface area contributed by atoms with E-state index in [9.17, 15) is 14.9 Å². The Labute approximate surface area is 211 Å². The van der Waals surface area contributed by atoms with Crippen LogP contribution in [0.3, 0.4) is 0 Å². The van der Waals surface area contributed by atoms with Crippen molar-refractivity contribution in [2.75, 3.05) is 17.2 Å². The van der Waals surface area contributed by atoms with Gasteiger partial charge in [-0.15, -0.1) is 0 Å². The Bertz CT molecular complexity index is 1300. The third-order valence-corrected chi connectivity index (χ3v) is 5.84.